The van der Waals surface area contributed by atoms with Crippen LogP contribution in [0.25, 0.3) is 22.2 Å². The second-order valence-electron chi connectivity index (χ2n) is 8.58. The summed E-state index contributed by atoms with van der Waals surface area (Å²) >= 11 is 1.80. The first kappa shape index (κ1) is 22.6. The SMILES string of the molecule is CSc1ccc2[nH]c(-c3cc(C)cc(C)c3)c(CCNCCCCc3ccncc3)c2c1. The topological polar surface area (TPSA) is 40.7 Å². The van der Waals surface area contributed by atoms with E-state index in [2.05, 4.69) is 83.9 Å². The Kier molecular flexibility index (Phi) is 7.67. The van der Waals surface area contributed by atoms with Crippen LogP contribution in [-0.4, -0.2) is 29.3 Å². The smallest absolute Gasteiger partial charge is 0.0498 e. The summed E-state index contributed by atoms with van der Waals surface area (Å²) in [5, 5.41) is 5.03. The molecule has 0 spiro atoms. The summed E-state index contributed by atoms with van der Waals surface area (Å²) in [4.78, 5) is 9.13. The van der Waals surface area contributed by atoms with Crippen LogP contribution in [0, 0.1) is 13.8 Å². The van der Waals surface area contributed by atoms with Gasteiger partial charge in [-0.1, -0.05) is 17.2 Å². The van der Waals surface area contributed by atoms with Crippen molar-refractivity contribution in [2.45, 2.75) is 44.4 Å². The molecule has 0 saturated carbocycles. The van der Waals surface area contributed by atoms with E-state index in [9.17, 15) is 0 Å². The number of hydrogen-bond acceptors (Lipinski definition) is 3. The predicted octanol–water partition coefficient (Wildman–Crippen LogP) is 6.72. The molecule has 2 N–H and O–H groups in total. The van der Waals surface area contributed by atoms with Crippen molar-refractivity contribution in [3.05, 3.63) is 83.2 Å². The molecule has 0 aliphatic carbocycles. The van der Waals surface area contributed by atoms with Crippen LogP contribution in [0.4, 0.5) is 0 Å². The minimum absolute atomic E-state index is 0.990. The highest BCUT2D eigenvalue weighted by Gasteiger charge is 2.14. The molecule has 0 atom stereocenters. The quantitative estimate of drug-likeness (QED) is 0.211. The third-order valence-electron chi connectivity index (χ3n) is 5.99. The van der Waals surface area contributed by atoms with E-state index in [-0.39, 0.29) is 0 Å². The Morgan fingerprint density at radius 1 is 0.875 bits per heavy atom. The first-order valence-electron chi connectivity index (χ1n) is 11.5. The number of fused-ring (bicyclic) bond motifs is 1. The van der Waals surface area contributed by atoms with Crippen LogP contribution in [0.5, 0.6) is 0 Å². The van der Waals surface area contributed by atoms with Crippen LogP contribution < -0.4 is 5.32 Å². The van der Waals surface area contributed by atoms with Gasteiger partial charge >= 0.3 is 0 Å². The van der Waals surface area contributed by atoms with Gasteiger partial charge in [0, 0.05) is 33.9 Å². The number of unbranched alkanes of at least 4 members (excludes halogenated alkanes) is 1. The number of hydrogen-bond donors (Lipinski definition) is 2. The number of aromatic amines is 1. The summed E-state index contributed by atoms with van der Waals surface area (Å²) in [6.07, 6.45) is 10.4. The number of pyridine rings is 1. The first-order chi connectivity index (χ1) is 15.6. The van der Waals surface area contributed by atoms with Crippen molar-refractivity contribution in [3.8, 4) is 11.3 Å². The average Bonchev–Trinajstić information content (AvgIpc) is 3.16. The molecule has 0 aliphatic rings. The lowest BCUT2D eigenvalue weighted by Gasteiger charge is -2.09. The van der Waals surface area contributed by atoms with Crippen LogP contribution in [0.1, 0.15) is 35.1 Å². The Bertz CT molecular complexity index is 1140. The largest absolute Gasteiger partial charge is 0.354 e. The Hall–Kier alpha value is -2.56. The molecule has 4 aromatic rings. The van der Waals surface area contributed by atoms with Gasteiger partial charge in [0.25, 0.3) is 0 Å². The lowest BCUT2D eigenvalue weighted by molar-refractivity contribution is 0.623. The van der Waals surface area contributed by atoms with Gasteiger partial charge in [-0.3, -0.25) is 4.98 Å². The lowest BCUT2D eigenvalue weighted by Crippen LogP contribution is -2.18. The molecule has 0 bridgehead atoms. The van der Waals surface area contributed by atoms with Gasteiger partial charge in [0.05, 0.1) is 0 Å². The van der Waals surface area contributed by atoms with Crippen LogP contribution in [0.2, 0.25) is 0 Å². The summed E-state index contributed by atoms with van der Waals surface area (Å²) in [6, 6.07) is 17.8. The minimum Gasteiger partial charge on any atom is -0.354 e. The van der Waals surface area contributed by atoms with E-state index >= 15 is 0 Å². The number of aryl methyl sites for hydroxylation is 3. The Labute approximate surface area is 196 Å². The summed E-state index contributed by atoms with van der Waals surface area (Å²) in [7, 11) is 0. The molecule has 0 radical (unpaired) electrons. The van der Waals surface area contributed by atoms with Crippen LogP contribution in [0.15, 0.2) is 65.8 Å². The maximum Gasteiger partial charge on any atom is 0.0498 e. The monoisotopic (exact) mass is 443 g/mol. The molecule has 32 heavy (non-hydrogen) atoms. The minimum atomic E-state index is 0.990. The van der Waals surface area contributed by atoms with Crippen molar-refractivity contribution in [1.29, 1.82) is 0 Å². The number of aromatic nitrogens is 2. The van der Waals surface area contributed by atoms with E-state index in [0.29, 0.717) is 0 Å². The molecule has 2 aromatic heterocycles. The predicted molar refractivity (Wildman–Crippen MR) is 139 cm³/mol. The number of rotatable bonds is 10. The fourth-order valence-electron chi connectivity index (χ4n) is 4.45. The standard InChI is InChI=1S/C28H33N3S/c1-20-16-21(2)18-23(17-20)28-25(26-19-24(32-3)7-8-27(26)31-28)11-15-29-12-5-4-6-22-9-13-30-14-10-22/h7-10,13-14,16-19,29,31H,4-6,11-12,15H2,1-3H3. The zero-order chi connectivity index (χ0) is 22.3. The Morgan fingerprint density at radius 3 is 2.41 bits per heavy atom. The van der Waals surface area contributed by atoms with Crippen molar-refractivity contribution in [2.75, 3.05) is 19.3 Å². The van der Waals surface area contributed by atoms with Gasteiger partial charge in [-0.25, -0.2) is 0 Å². The van der Waals surface area contributed by atoms with Gasteiger partial charge in [-0.15, -0.1) is 11.8 Å². The third-order valence-corrected chi connectivity index (χ3v) is 6.72. The molecule has 166 valence electrons. The zero-order valence-electron chi connectivity index (χ0n) is 19.4. The molecule has 0 amide bonds. The van der Waals surface area contributed by atoms with Gasteiger partial charge in [-0.05, 0) is 118 Å². The van der Waals surface area contributed by atoms with Gasteiger partial charge in [0.1, 0.15) is 0 Å². The van der Waals surface area contributed by atoms with E-state index in [4.69, 9.17) is 0 Å². The van der Waals surface area contributed by atoms with Gasteiger partial charge in [0.15, 0.2) is 0 Å². The second-order valence-corrected chi connectivity index (χ2v) is 9.46. The summed E-state index contributed by atoms with van der Waals surface area (Å²) in [6.45, 7) is 6.40. The molecule has 2 aromatic carbocycles. The fourth-order valence-corrected chi connectivity index (χ4v) is 4.89. The molecule has 0 aliphatic heterocycles. The van der Waals surface area contributed by atoms with E-state index in [1.54, 1.807) is 11.8 Å². The van der Waals surface area contributed by atoms with E-state index in [0.717, 1.165) is 25.9 Å². The van der Waals surface area contributed by atoms with Crippen molar-refractivity contribution in [2.24, 2.45) is 0 Å². The highest BCUT2D eigenvalue weighted by molar-refractivity contribution is 7.98. The lowest BCUT2D eigenvalue weighted by atomic mass is 9.99. The Balaban J connectivity index is 1.44. The van der Waals surface area contributed by atoms with Crippen molar-refractivity contribution in [1.82, 2.24) is 15.3 Å². The molecule has 2 heterocycles. The molecule has 3 nitrogen and oxygen atoms in total. The first-order valence-corrected chi connectivity index (χ1v) is 12.7. The summed E-state index contributed by atoms with van der Waals surface area (Å²) in [5.41, 5.74) is 9.20. The number of H-pyrrole nitrogens is 1. The number of nitrogens with one attached hydrogen (secondary N) is 2. The maximum atomic E-state index is 4.09. The number of nitrogens with zero attached hydrogens (tertiary/aromatic N) is 1. The molecular formula is C28H33N3S. The fraction of sp³-hybridized carbons (Fsp3) is 0.321. The van der Waals surface area contributed by atoms with Crippen LogP contribution in [0.3, 0.4) is 0 Å². The van der Waals surface area contributed by atoms with Crippen molar-refractivity contribution >= 4 is 22.7 Å². The third kappa shape index (κ3) is 5.62. The highest BCUT2D eigenvalue weighted by atomic mass is 32.2. The Morgan fingerprint density at radius 2 is 1.66 bits per heavy atom. The summed E-state index contributed by atoms with van der Waals surface area (Å²) < 4.78 is 0. The number of benzene rings is 2. The van der Waals surface area contributed by atoms with Gasteiger partial charge < -0.3 is 10.3 Å². The maximum absolute atomic E-state index is 4.09. The second kappa shape index (κ2) is 10.8. The number of thioether (sulfide) groups is 1. The molecule has 0 saturated heterocycles. The van der Waals surface area contributed by atoms with Crippen LogP contribution >= 0.6 is 11.8 Å². The molecule has 0 unspecified atom stereocenters. The van der Waals surface area contributed by atoms with Crippen molar-refractivity contribution < 1.29 is 0 Å². The zero-order valence-corrected chi connectivity index (χ0v) is 20.2. The van der Waals surface area contributed by atoms with Gasteiger partial charge in [0.2, 0.25) is 0 Å². The molecule has 0 fully saturated rings. The van der Waals surface area contributed by atoms with E-state index in [1.165, 1.54) is 62.2 Å². The van der Waals surface area contributed by atoms with Gasteiger partial charge in [-0.2, -0.15) is 0 Å². The van der Waals surface area contributed by atoms with Crippen molar-refractivity contribution in [3.63, 3.8) is 0 Å². The molecule has 4 heteroatoms. The molecule has 4 rings (SSSR count). The van der Waals surface area contributed by atoms with E-state index in [1.807, 2.05) is 12.4 Å². The average molecular weight is 444 g/mol. The normalized spacial score (nSPS) is 11.3. The summed E-state index contributed by atoms with van der Waals surface area (Å²) in [5.74, 6) is 0. The van der Waals surface area contributed by atoms with Crippen LogP contribution in [-0.2, 0) is 12.8 Å². The highest BCUT2D eigenvalue weighted by Crippen LogP contribution is 2.33. The molecular weight excluding hydrogens is 410 g/mol. The van der Waals surface area contributed by atoms with E-state index < -0.39 is 0 Å².